The molecule has 0 amide bonds. The molecule has 0 saturated heterocycles. The maximum Gasteiger partial charge on any atom is 0.179 e. The third-order valence-electron chi connectivity index (χ3n) is 3.21. The van der Waals surface area contributed by atoms with Gasteiger partial charge in [0.1, 0.15) is 6.61 Å². The van der Waals surface area contributed by atoms with Crippen LogP contribution in [0, 0.1) is 13.8 Å². The number of ether oxygens (including phenoxy) is 1. The van der Waals surface area contributed by atoms with E-state index < -0.39 is 0 Å². The van der Waals surface area contributed by atoms with Gasteiger partial charge in [0.15, 0.2) is 11.4 Å². The van der Waals surface area contributed by atoms with E-state index in [1.54, 1.807) is 0 Å². The molecule has 0 aliphatic rings. The summed E-state index contributed by atoms with van der Waals surface area (Å²) in [6.45, 7) is 4.65. The Kier molecular flexibility index (Phi) is 2.95. The SMILES string of the molecule is Cc1cn2cccc(OCc3ccccc3C)c2n1. The van der Waals surface area contributed by atoms with E-state index in [-0.39, 0.29) is 0 Å². The van der Waals surface area contributed by atoms with E-state index in [9.17, 15) is 0 Å². The quantitative estimate of drug-likeness (QED) is 0.713. The molecule has 96 valence electrons. The fraction of sp³-hybridized carbons (Fsp3) is 0.188. The summed E-state index contributed by atoms with van der Waals surface area (Å²) in [5, 5.41) is 0. The predicted molar refractivity (Wildman–Crippen MR) is 75.4 cm³/mol. The second-order valence-electron chi connectivity index (χ2n) is 4.70. The lowest BCUT2D eigenvalue weighted by molar-refractivity contribution is 0.307. The first-order chi connectivity index (χ1) is 9.24. The van der Waals surface area contributed by atoms with Crippen LogP contribution < -0.4 is 4.74 Å². The van der Waals surface area contributed by atoms with Gasteiger partial charge >= 0.3 is 0 Å². The summed E-state index contributed by atoms with van der Waals surface area (Å²) >= 11 is 0. The molecule has 0 aliphatic heterocycles. The zero-order chi connectivity index (χ0) is 13.2. The molecule has 19 heavy (non-hydrogen) atoms. The Bertz CT molecular complexity index is 716. The Morgan fingerprint density at radius 3 is 2.79 bits per heavy atom. The molecule has 1 aromatic carbocycles. The van der Waals surface area contributed by atoms with E-state index in [2.05, 4.69) is 24.0 Å². The fourth-order valence-electron chi connectivity index (χ4n) is 2.15. The summed E-state index contributed by atoms with van der Waals surface area (Å²) in [7, 11) is 0. The summed E-state index contributed by atoms with van der Waals surface area (Å²) in [4.78, 5) is 4.49. The standard InChI is InChI=1S/C16H16N2O/c1-12-6-3-4-7-14(12)11-19-15-8-5-9-18-10-13(2)17-16(15)18/h3-10H,11H2,1-2H3. The number of benzene rings is 1. The Hall–Kier alpha value is -2.29. The van der Waals surface area contributed by atoms with Gasteiger partial charge in [-0.25, -0.2) is 4.98 Å². The molecule has 3 heteroatoms. The van der Waals surface area contributed by atoms with Crippen LogP contribution in [0.25, 0.3) is 5.65 Å². The van der Waals surface area contributed by atoms with E-state index in [0.29, 0.717) is 6.61 Å². The number of hydrogen-bond acceptors (Lipinski definition) is 2. The van der Waals surface area contributed by atoms with Crippen molar-refractivity contribution in [3.63, 3.8) is 0 Å². The highest BCUT2D eigenvalue weighted by atomic mass is 16.5. The van der Waals surface area contributed by atoms with Crippen molar-refractivity contribution in [1.29, 1.82) is 0 Å². The highest BCUT2D eigenvalue weighted by molar-refractivity contribution is 5.54. The number of rotatable bonds is 3. The number of nitrogens with zero attached hydrogens (tertiary/aromatic N) is 2. The maximum absolute atomic E-state index is 5.92. The van der Waals surface area contributed by atoms with Crippen LogP contribution in [0.5, 0.6) is 5.75 Å². The average Bonchev–Trinajstić information content (AvgIpc) is 2.78. The number of pyridine rings is 1. The summed E-state index contributed by atoms with van der Waals surface area (Å²) in [6.07, 6.45) is 3.98. The number of fused-ring (bicyclic) bond motifs is 1. The predicted octanol–water partition coefficient (Wildman–Crippen LogP) is 3.53. The van der Waals surface area contributed by atoms with Gasteiger partial charge in [-0.2, -0.15) is 0 Å². The van der Waals surface area contributed by atoms with Gasteiger partial charge in [-0.1, -0.05) is 24.3 Å². The molecule has 0 N–H and O–H groups in total. The Labute approximate surface area is 112 Å². The minimum Gasteiger partial charge on any atom is -0.485 e. The van der Waals surface area contributed by atoms with Crippen LogP contribution in [0.15, 0.2) is 48.8 Å². The number of aromatic nitrogens is 2. The topological polar surface area (TPSA) is 26.5 Å². The normalized spacial score (nSPS) is 10.8. The van der Waals surface area contributed by atoms with Crippen molar-refractivity contribution in [3.8, 4) is 5.75 Å². The van der Waals surface area contributed by atoms with Crippen LogP contribution in [0.2, 0.25) is 0 Å². The molecule has 0 bridgehead atoms. The largest absolute Gasteiger partial charge is 0.485 e. The van der Waals surface area contributed by atoms with Crippen molar-refractivity contribution in [3.05, 3.63) is 65.6 Å². The molecule has 0 unspecified atom stereocenters. The first-order valence-corrected chi connectivity index (χ1v) is 6.35. The molecule has 3 rings (SSSR count). The summed E-state index contributed by atoms with van der Waals surface area (Å²) in [5.41, 5.74) is 4.31. The number of hydrogen-bond donors (Lipinski definition) is 0. The second-order valence-corrected chi connectivity index (χ2v) is 4.70. The van der Waals surface area contributed by atoms with Gasteiger partial charge in [-0.05, 0) is 37.1 Å². The lowest BCUT2D eigenvalue weighted by Gasteiger charge is -2.09. The van der Waals surface area contributed by atoms with Crippen molar-refractivity contribution in [2.75, 3.05) is 0 Å². The van der Waals surface area contributed by atoms with Crippen LogP contribution in [0.4, 0.5) is 0 Å². The van der Waals surface area contributed by atoms with E-state index in [1.165, 1.54) is 11.1 Å². The third kappa shape index (κ3) is 2.32. The molecule has 0 spiro atoms. The zero-order valence-electron chi connectivity index (χ0n) is 11.1. The smallest absolute Gasteiger partial charge is 0.179 e. The van der Waals surface area contributed by atoms with Gasteiger partial charge in [0, 0.05) is 12.4 Å². The summed E-state index contributed by atoms with van der Waals surface area (Å²) in [6, 6.07) is 12.2. The number of imidazole rings is 1. The van der Waals surface area contributed by atoms with Crippen LogP contribution in [0.3, 0.4) is 0 Å². The lowest BCUT2D eigenvalue weighted by Crippen LogP contribution is -1.99. The Balaban J connectivity index is 1.88. The molecule has 2 heterocycles. The highest BCUT2D eigenvalue weighted by Gasteiger charge is 2.06. The van der Waals surface area contributed by atoms with Gasteiger partial charge in [-0.15, -0.1) is 0 Å². The van der Waals surface area contributed by atoms with Crippen LogP contribution in [-0.2, 0) is 6.61 Å². The maximum atomic E-state index is 5.92. The van der Waals surface area contributed by atoms with Gasteiger partial charge in [-0.3, -0.25) is 0 Å². The molecule has 3 nitrogen and oxygen atoms in total. The summed E-state index contributed by atoms with van der Waals surface area (Å²) < 4.78 is 7.90. The second kappa shape index (κ2) is 4.76. The van der Waals surface area contributed by atoms with Gasteiger partial charge in [0.25, 0.3) is 0 Å². The molecular weight excluding hydrogens is 236 g/mol. The van der Waals surface area contributed by atoms with Crippen LogP contribution >= 0.6 is 0 Å². The van der Waals surface area contributed by atoms with Crippen molar-refractivity contribution in [2.24, 2.45) is 0 Å². The van der Waals surface area contributed by atoms with E-state index in [1.807, 2.05) is 48.0 Å². The minimum atomic E-state index is 0.568. The zero-order valence-corrected chi connectivity index (χ0v) is 11.1. The van der Waals surface area contributed by atoms with E-state index in [4.69, 9.17) is 4.74 Å². The van der Waals surface area contributed by atoms with Crippen molar-refractivity contribution in [1.82, 2.24) is 9.38 Å². The minimum absolute atomic E-state index is 0.568. The Morgan fingerprint density at radius 1 is 1.11 bits per heavy atom. The molecule has 0 fully saturated rings. The van der Waals surface area contributed by atoms with Gasteiger partial charge in [0.2, 0.25) is 0 Å². The highest BCUT2D eigenvalue weighted by Crippen LogP contribution is 2.20. The van der Waals surface area contributed by atoms with Crippen molar-refractivity contribution >= 4 is 5.65 Å². The molecule has 0 saturated carbocycles. The molecule has 0 aliphatic carbocycles. The molecule has 3 aromatic rings. The molecular formula is C16H16N2O. The average molecular weight is 252 g/mol. The van der Waals surface area contributed by atoms with Crippen LogP contribution in [-0.4, -0.2) is 9.38 Å². The first-order valence-electron chi connectivity index (χ1n) is 6.35. The summed E-state index contributed by atoms with van der Waals surface area (Å²) in [5.74, 6) is 0.818. The lowest BCUT2D eigenvalue weighted by atomic mass is 10.1. The van der Waals surface area contributed by atoms with Crippen molar-refractivity contribution < 1.29 is 4.74 Å². The molecule has 0 radical (unpaired) electrons. The van der Waals surface area contributed by atoms with E-state index >= 15 is 0 Å². The van der Waals surface area contributed by atoms with Crippen LogP contribution in [0.1, 0.15) is 16.8 Å². The van der Waals surface area contributed by atoms with Gasteiger partial charge < -0.3 is 9.14 Å². The first kappa shape index (κ1) is 11.8. The molecule has 2 aromatic heterocycles. The van der Waals surface area contributed by atoms with Gasteiger partial charge in [0.05, 0.1) is 5.69 Å². The van der Waals surface area contributed by atoms with E-state index in [0.717, 1.165) is 17.1 Å². The van der Waals surface area contributed by atoms with Crippen molar-refractivity contribution in [2.45, 2.75) is 20.5 Å². The number of aryl methyl sites for hydroxylation is 2. The fourth-order valence-corrected chi connectivity index (χ4v) is 2.15. The third-order valence-corrected chi connectivity index (χ3v) is 3.21. The Morgan fingerprint density at radius 2 is 1.95 bits per heavy atom. The monoisotopic (exact) mass is 252 g/mol. The molecule has 0 atom stereocenters.